The van der Waals surface area contributed by atoms with Crippen molar-refractivity contribution in [3.8, 4) is 44.5 Å². The van der Waals surface area contributed by atoms with E-state index in [1.165, 1.54) is 133 Å². The molecule has 11 aromatic rings. The molecular weight excluding hydrogens is 821 g/mol. The average Bonchev–Trinajstić information content (AvgIpc) is 3.38. The molecule has 2 nitrogen and oxygen atoms in total. The highest BCUT2D eigenvalue weighted by Gasteiger charge is 2.38. The molecule has 11 aromatic carbocycles. The van der Waals surface area contributed by atoms with Gasteiger partial charge in [-0.05, 0) is 117 Å². The first-order valence-corrected chi connectivity index (χ1v) is 24.1. The van der Waals surface area contributed by atoms with E-state index in [2.05, 4.69) is 258 Å². The number of fused-ring (bicyclic) bond motifs is 8. The molecule has 0 aromatic heterocycles. The predicted octanol–water partition coefficient (Wildman–Crippen LogP) is 17.8. The lowest BCUT2D eigenvalue weighted by molar-refractivity contribution is 0.630. The van der Waals surface area contributed by atoms with Crippen LogP contribution in [0.5, 0.6) is 0 Å². The lowest BCUT2D eigenvalue weighted by Gasteiger charge is -2.41. The number of hydrogen-bond acceptors (Lipinski definition) is 2. The van der Waals surface area contributed by atoms with E-state index in [-0.39, 0.29) is 10.8 Å². The molecule has 0 aliphatic carbocycles. The Labute approximate surface area is 399 Å². The molecule has 0 bridgehead atoms. The molecular formula is C66H52N2. The zero-order valence-electron chi connectivity index (χ0n) is 39.5. The van der Waals surface area contributed by atoms with Crippen LogP contribution in [0, 0.1) is 0 Å². The fraction of sp³-hybridized carbons (Fsp3) is 0.121. The van der Waals surface area contributed by atoms with Crippen molar-refractivity contribution < 1.29 is 0 Å². The van der Waals surface area contributed by atoms with Gasteiger partial charge in [0.05, 0.1) is 11.4 Å². The van der Waals surface area contributed by atoms with E-state index in [1.807, 2.05) is 0 Å². The number of para-hydroxylation sites is 4. The second-order valence-corrected chi connectivity index (χ2v) is 20.1. The second kappa shape index (κ2) is 14.8. The first-order valence-electron chi connectivity index (χ1n) is 24.1. The summed E-state index contributed by atoms with van der Waals surface area (Å²) in [6, 6.07) is 77.6. The van der Waals surface area contributed by atoms with Crippen molar-refractivity contribution in [2.75, 3.05) is 23.9 Å². The topological polar surface area (TPSA) is 6.48 Å². The Morgan fingerprint density at radius 1 is 0.279 bits per heavy atom. The maximum absolute atomic E-state index is 2.53. The predicted molar refractivity (Wildman–Crippen MR) is 291 cm³/mol. The van der Waals surface area contributed by atoms with Gasteiger partial charge in [0.2, 0.25) is 0 Å². The third-order valence-electron chi connectivity index (χ3n) is 15.8. The van der Waals surface area contributed by atoms with Crippen molar-refractivity contribution in [2.24, 2.45) is 0 Å². The molecule has 0 fully saturated rings. The maximum atomic E-state index is 2.53. The smallest absolute Gasteiger partial charge is 0.0529 e. The molecule has 2 aliphatic rings. The Bertz CT molecular complexity index is 3660. The summed E-state index contributed by atoms with van der Waals surface area (Å²) < 4.78 is 0. The van der Waals surface area contributed by atoms with Crippen LogP contribution >= 0.6 is 0 Å². The maximum Gasteiger partial charge on any atom is 0.0529 e. The van der Waals surface area contributed by atoms with Gasteiger partial charge < -0.3 is 9.80 Å². The van der Waals surface area contributed by atoms with Gasteiger partial charge in [0.25, 0.3) is 0 Å². The van der Waals surface area contributed by atoms with Crippen LogP contribution < -0.4 is 9.80 Å². The quantitative estimate of drug-likeness (QED) is 0.163. The molecule has 68 heavy (non-hydrogen) atoms. The first-order chi connectivity index (χ1) is 33.1. The van der Waals surface area contributed by atoms with E-state index < -0.39 is 0 Å². The summed E-state index contributed by atoms with van der Waals surface area (Å²) in [4.78, 5) is 4.87. The number of nitrogens with zero attached hydrogens (tertiary/aromatic N) is 2. The molecule has 0 unspecified atom stereocenters. The van der Waals surface area contributed by atoms with Crippen LogP contribution in [0.2, 0.25) is 0 Å². The summed E-state index contributed by atoms with van der Waals surface area (Å²) in [5.74, 6) is 0. The summed E-state index contributed by atoms with van der Waals surface area (Å²) in [6.45, 7) is 9.54. The largest absolute Gasteiger partial charge is 0.344 e. The third kappa shape index (κ3) is 5.58. The zero-order valence-corrected chi connectivity index (χ0v) is 39.5. The molecule has 0 radical (unpaired) electrons. The first kappa shape index (κ1) is 40.3. The van der Waals surface area contributed by atoms with Crippen LogP contribution in [-0.4, -0.2) is 14.1 Å². The van der Waals surface area contributed by atoms with Gasteiger partial charge in [-0.3, -0.25) is 0 Å². The van der Waals surface area contributed by atoms with Gasteiger partial charge >= 0.3 is 0 Å². The Balaban J connectivity index is 1.19. The molecule has 2 heterocycles. The molecule has 326 valence electrons. The molecule has 0 atom stereocenters. The Morgan fingerprint density at radius 3 is 1.06 bits per heavy atom. The minimum Gasteiger partial charge on any atom is -0.344 e. The van der Waals surface area contributed by atoms with E-state index in [0.717, 1.165) is 0 Å². The van der Waals surface area contributed by atoms with Gasteiger partial charge in [-0.15, -0.1) is 0 Å². The lowest BCUT2D eigenvalue weighted by atomic mass is 9.72. The van der Waals surface area contributed by atoms with Crippen LogP contribution in [0.25, 0.3) is 87.6 Å². The van der Waals surface area contributed by atoms with Crippen molar-refractivity contribution in [3.63, 3.8) is 0 Å². The molecule has 13 rings (SSSR count). The van der Waals surface area contributed by atoms with Gasteiger partial charge in [-0.25, -0.2) is 0 Å². The summed E-state index contributed by atoms with van der Waals surface area (Å²) >= 11 is 0. The van der Waals surface area contributed by atoms with Gasteiger partial charge in [0, 0.05) is 47.4 Å². The molecule has 2 aliphatic heterocycles. The van der Waals surface area contributed by atoms with Crippen molar-refractivity contribution >= 4 is 65.8 Å². The van der Waals surface area contributed by atoms with Crippen LogP contribution in [-0.2, 0) is 10.8 Å². The molecule has 0 amide bonds. The summed E-state index contributed by atoms with van der Waals surface area (Å²) in [5.41, 5.74) is 20.0. The number of benzene rings is 11. The minimum absolute atomic E-state index is 0.187. The fourth-order valence-corrected chi connectivity index (χ4v) is 12.6. The van der Waals surface area contributed by atoms with Crippen molar-refractivity contribution in [3.05, 3.63) is 229 Å². The Morgan fingerprint density at radius 2 is 0.603 bits per heavy atom. The Hall–Kier alpha value is -7.94. The van der Waals surface area contributed by atoms with Crippen molar-refractivity contribution in [2.45, 2.75) is 38.5 Å². The van der Waals surface area contributed by atoms with E-state index in [9.17, 15) is 0 Å². The normalized spacial score (nSPS) is 14.5. The van der Waals surface area contributed by atoms with Crippen molar-refractivity contribution in [1.29, 1.82) is 0 Å². The highest BCUT2D eigenvalue weighted by molar-refractivity contribution is 6.29. The number of rotatable bonds is 4. The fourth-order valence-electron chi connectivity index (χ4n) is 12.6. The SMILES string of the molecule is CN1c2ccccc2C(C)(C)c2cccc(-c3cccc4c(-c5c6ccccc6c(-c6ccccc6)c6ccccc56)c5cccc(-c6cccc7c6N(C)c6ccccc6C7(C)C)c5cc34)c21. The number of anilines is 4. The third-order valence-corrected chi connectivity index (χ3v) is 15.8. The standard InChI is InChI=1S/C66H52N2/c1-65(2)54-34-14-16-38-58(54)67(5)63-50(32-20-36-56(63)65)42-28-18-30-48-52(42)40-53-43(51-33-21-37-57-64(51)68(6)59-39-17-15-35-55(59)66(57,3)4)29-19-31-49(53)62(48)61-46-26-12-10-24-44(46)60(41-22-8-7-9-23-41)45-25-11-13-27-47(45)61/h7-40H,1-6H3. The summed E-state index contributed by atoms with van der Waals surface area (Å²) in [6.07, 6.45) is 0. The van der Waals surface area contributed by atoms with E-state index in [0.29, 0.717) is 0 Å². The van der Waals surface area contributed by atoms with E-state index >= 15 is 0 Å². The van der Waals surface area contributed by atoms with Gasteiger partial charge in [-0.2, -0.15) is 0 Å². The average molecular weight is 873 g/mol. The monoisotopic (exact) mass is 872 g/mol. The zero-order chi connectivity index (χ0) is 46.1. The van der Waals surface area contributed by atoms with E-state index in [1.54, 1.807) is 0 Å². The van der Waals surface area contributed by atoms with Gasteiger partial charge in [0.15, 0.2) is 0 Å². The lowest BCUT2D eigenvalue weighted by Crippen LogP contribution is -2.31. The molecule has 0 saturated heterocycles. The molecule has 0 spiro atoms. The van der Waals surface area contributed by atoms with Crippen LogP contribution in [0.4, 0.5) is 22.7 Å². The van der Waals surface area contributed by atoms with Gasteiger partial charge in [0.1, 0.15) is 0 Å². The number of hydrogen-bond donors (Lipinski definition) is 0. The summed E-state index contributed by atoms with van der Waals surface area (Å²) in [7, 11) is 4.50. The van der Waals surface area contributed by atoms with Crippen LogP contribution in [0.3, 0.4) is 0 Å². The molecule has 2 heteroatoms. The van der Waals surface area contributed by atoms with E-state index in [4.69, 9.17) is 0 Å². The minimum atomic E-state index is -0.187. The second-order valence-electron chi connectivity index (χ2n) is 20.1. The Kier molecular flexibility index (Phi) is 8.77. The molecule has 0 N–H and O–H groups in total. The van der Waals surface area contributed by atoms with Crippen molar-refractivity contribution in [1.82, 2.24) is 0 Å². The van der Waals surface area contributed by atoms with Crippen LogP contribution in [0.15, 0.2) is 206 Å². The van der Waals surface area contributed by atoms with Crippen LogP contribution in [0.1, 0.15) is 49.9 Å². The summed E-state index contributed by atoms with van der Waals surface area (Å²) in [5, 5.41) is 9.98. The molecule has 0 saturated carbocycles. The highest BCUT2D eigenvalue weighted by Crippen LogP contribution is 2.56. The van der Waals surface area contributed by atoms with Gasteiger partial charge in [-0.1, -0.05) is 216 Å². The highest BCUT2D eigenvalue weighted by atomic mass is 15.1.